The smallest absolute Gasteiger partial charge is 0.257 e. The molecule has 5 nitrogen and oxygen atoms in total. The molecule has 0 bridgehead atoms. The summed E-state index contributed by atoms with van der Waals surface area (Å²) >= 11 is 5.96. The molecule has 0 unspecified atom stereocenters. The number of methoxy groups -OCH3 is 1. The highest BCUT2D eigenvalue weighted by Crippen LogP contribution is 2.21. The number of amides is 1. The number of hydrogen-bond acceptors (Lipinski definition) is 4. The van der Waals surface area contributed by atoms with E-state index >= 15 is 0 Å². The van der Waals surface area contributed by atoms with Gasteiger partial charge in [0.2, 0.25) is 0 Å². The minimum atomic E-state index is -0.245. The minimum Gasteiger partial charge on any atom is -0.496 e. The van der Waals surface area contributed by atoms with Crippen LogP contribution in [-0.2, 0) is 6.54 Å². The molecule has 2 N–H and O–H groups in total. The number of nitrogens with zero attached hydrogens (tertiary/aromatic N) is 2. The van der Waals surface area contributed by atoms with Gasteiger partial charge in [0, 0.05) is 19.2 Å². The molecule has 1 amide bonds. The lowest BCUT2D eigenvalue weighted by atomic mass is 10.1. The fraction of sp³-hybridized carbons (Fsp3) is 0.200. The first-order valence-electron chi connectivity index (χ1n) is 6.31. The highest BCUT2D eigenvalue weighted by molar-refractivity contribution is 6.32. The fourth-order valence-corrected chi connectivity index (χ4v) is 2.16. The number of hydrogen-bond donors (Lipinski definition) is 1. The van der Waals surface area contributed by atoms with Crippen molar-refractivity contribution in [3.63, 3.8) is 0 Å². The molecule has 0 radical (unpaired) electrons. The van der Waals surface area contributed by atoms with Gasteiger partial charge in [-0.15, -0.1) is 0 Å². The number of para-hydroxylation sites is 1. The van der Waals surface area contributed by atoms with Crippen LogP contribution in [-0.4, -0.2) is 29.9 Å². The molecular formula is C15H16ClN3O2. The van der Waals surface area contributed by atoms with Crippen molar-refractivity contribution < 1.29 is 9.53 Å². The molecular weight excluding hydrogens is 290 g/mol. The Kier molecular flexibility index (Phi) is 4.65. The average molecular weight is 306 g/mol. The third-order valence-electron chi connectivity index (χ3n) is 3.04. The van der Waals surface area contributed by atoms with E-state index < -0.39 is 0 Å². The van der Waals surface area contributed by atoms with Gasteiger partial charge < -0.3 is 15.4 Å². The SMILES string of the molecule is COc1ccccc1CN(C)C(=O)c1cc(N)cnc1Cl. The zero-order valence-corrected chi connectivity index (χ0v) is 12.6. The van der Waals surface area contributed by atoms with Crippen LogP contribution in [0.2, 0.25) is 5.15 Å². The average Bonchev–Trinajstić information content (AvgIpc) is 2.49. The first-order chi connectivity index (χ1) is 10.0. The van der Waals surface area contributed by atoms with Gasteiger partial charge in [-0.05, 0) is 12.1 Å². The largest absolute Gasteiger partial charge is 0.496 e. The normalized spacial score (nSPS) is 10.2. The van der Waals surface area contributed by atoms with Gasteiger partial charge in [-0.2, -0.15) is 0 Å². The lowest BCUT2D eigenvalue weighted by Gasteiger charge is -2.19. The van der Waals surface area contributed by atoms with Crippen LogP contribution in [0.5, 0.6) is 5.75 Å². The number of benzene rings is 1. The molecule has 1 aromatic carbocycles. The Bertz CT molecular complexity index is 661. The number of rotatable bonds is 4. The van der Waals surface area contributed by atoms with Crippen LogP contribution < -0.4 is 10.5 Å². The minimum absolute atomic E-state index is 0.140. The van der Waals surface area contributed by atoms with E-state index in [1.807, 2.05) is 24.3 Å². The highest BCUT2D eigenvalue weighted by atomic mass is 35.5. The molecule has 0 aliphatic heterocycles. The molecule has 0 aliphatic carbocycles. The van der Waals surface area contributed by atoms with Crippen LogP contribution in [0.4, 0.5) is 5.69 Å². The Hall–Kier alpha value is -2.27. The van der Waals surface area contributed by atoms with Gasteiger partial charge in [0.25, 0.3) is 5.91 Å². The summed E-state index contributed by atoms with van der Waals surface area (Å²) in [5.74, 6) is 0.486. The van der Waals surface area contributed by atoms with Crippen LogP contribution in [0.25, 0.3) is 0 Å². The maximum absolute atomic E-state index is 12.4. The van der Waals surface area contributed by atoms with Crippen molar-refractivity contribution in [2.75, 3.05) is 19.9 Å². The number of halogens is 1. The summed E-state index contributed by atoms with van der Waals surface area (Å²) in [6, 6.07) is 9.05. The van der Waals surface area contributed by atoms with E-state index in [0.717, 1.165) is 11.3 Å². The van der Waals surface area contributed by atoms with E-state index in [2.05, 4.69) is 4.98 Å². The van der Waals surface area contributed by atoms with Gasteiger partial charge in [0.1, 0.15) is 10.9 Å². The van der Waals surface area contributed by atoms with Gasteiger partial charge in [0.15, 0.2) is 0 Å². The van der Waals surface area contributed by atoms with Crippen LogP contribution in [0.15, 0.2) is 36.5 Å². The molecule has 21 heavy (non-hydrogen) atoms. The Morgan fingerprint density at radius 2 is 2.14 bits per heavy atom. The third kappa shape index (κ3) is 3.44. The van der Waals surface area contributed by atoms with E-state index in [4.69, 9.17) is 22.1 Å². The molecule has 0 spiro atoms. The molecule has 0 saturated heterocycles. The van der Waals surface area contributed by atoms with E-state index in [-0.39, 0.29) is 16.6 Å². The van der Waals surface area contributed by atoms with Crippen molar-refractivity contribution in [3.8, 4) is 5.75 Å². The molecule has 0 saturated carbocycles. The second kappa shape index (κ2) is 6.45. The van der Waals surface area contributed by atoms with Gasteiger partial charge in [-0.1, -0.05) is 29.8 Å². The maximum atomic E-state index is 12.4. The van der Waals surface area contributed by atoms with Gasteiger partial charge >= 0.3 is 0 Å². The standard InChI is InChI=1S/C15H16ClN3O2/c1-19(9-10-5-3-4-6-13(10)21-2)15(20)12-7-11(17)8-18-14(12)16/h3-8H,9,17H2,1-2H3. The number of carbonyl (C=O) groups is 1. The summed E-state index contributed by atoms with van der Waals surface area (Å²) in [4.78, 5) is 17.9. The zero-order valence-electron chi connectivity index (χ0n) is 11.8. The molecule has 6 heteroatoms. The quantitative estimate of drug-likeness (QED) is 0.882. The van der Waals surface area contributed by atoms with Gasteiger partial charge in [0.05, 0.1) is 24.6 Å². The van der Waals surface area contributed by atoms with Crippen LogP contribution in [0, 0.1) is 0 Å². The summed E-state index contributed by atoms with van der Waals surface area (Å²) in [6.07, 6.45) is 1.42. The maximum Gasteiger partial charge on any atom is 0.257 e. The van der Waals surface area contributed by atoms with E-state index in [9.17, 15) is 4.79 Å². The highest BCUT2D eigenvalue weighted by Gasteiger charge is 2.17. The zero-order chi connectivity index (χ0) is 15.4. The number of anilines is 1. The fourth-order valence-electron chi connectivity index (χ4n) is 1.98. The Morgan fingerprint density at radius 1 is 1.43 bits per heavy atom. The first kappa shape index (κ1) is 15.1. The molecule has 2 aromatic rings. The number of pyridine rings is 1. The number of nitrogen functional groups attached to an aromatic ring is 1. The van der Waals surface area contributed by atoms with Crippen LogP contribution in [0.3, 0.4) is 0 Å². The summed E-state index contributed by atoms with van der Waals surface area (Å²) < 4.78 is 5.28. The van der Waals surface area contributed by atoms with Crippen molar-refractivity contribution in [1.82, 2.24) is 9.88 Å². The molecule has 0 aliphatic rings. The topological polar surface area (TPSA) is 68.5 Å². The third-order valence-corrected chi connectivity index (χ3v) is 3.34. The molecule has 0 atom stereocenters. The van der Waals surface area contributed by atoms with E-state index in [1.165, 1.54) is 12.3 Å². The number of nitrogens with two attached hydrogens (primary N) is 1. The summed E-state index contributed by atoms with van der Waals surface area (Å²) in [5.41, 5.74) is 7.24. The van der Waals surface area contributed by atoms with Crippen molar-refractivity contribution in [2.45, 2.75) is 6.54 Å². The second-order valence-corrected chi connectivity index (χ2v) is 4.94. The second-order valence-electron chi connectivity index (χ2n) is 4.58. The van der Waals surface area contributed by atoms with E-state index in [1.54, 1.807) is 19.1 Å². The van der Waals surface area contributed by atoms with E-state index in [0.29, 0.717) is 12.2 Å². The molecule has 1 aromatic heterocycles. The number of carbonyl (C=O) groups excluding carboxylic acids is 1. The number of ether oxygens (including phenoxy) is 1. The van der Waals surface area contributed by atoms with Crippen molar-refractivity contribution in [3.05, 3.63) is 52.8 Å². The van der Waals surface area contributed by atoms with Gasteiger partial charge in [-0.3, -0.25) is 4.79 Å². The van der Waals surface area contributed by atoms with Crippen LogP contribution in [0.1, 0.15) is 15.9 Å². The van der Waals surface area contributed by atoms with Crippen molar-refractivity contribution >= 4 is 23.2 Å². The van der Waals surface area contributed by atoms with Gasteiger partial charge in [-0.25, -0.2) is 4.98 Å². The lowest BCUT2D eigenvalue weighted by molar-refractivity contribution is 0.0784. The Balaban J connectivity index is 2.22. The summed E-state index contributed by atoms with van der Waals surface area (Å²) in [5, 5.41) is 0.140. The molecule has 0 fully saturated rings. The Labute approximate surface area is 128 Å². The monoisotopic (exact) mass is 305 g/mol. The van der Waals surface area contributed by atoms with Crippen molar-refractivity contribution in [2.24, 2.45) is 0 Å². The molecule has 110 valence electrons. The van der Waals surface area contributed by atoms with Crippen molar-refractivity contribution in [1.29, 1.82) is 0 Å². The summed E-state index contributed by atoms with van der Waals surface area (Å²) in [7, 11) is 3.29. The molecule has 2 rings (SSSR count). The molecule has 1 heterocycles. The first-order valence-corrected chi connectivity index (χ1v) is 6.69. The Morgan fingerprint density at radius 3 is 2.86 bits per heavy atom. The predicted octanol–water partition coefficient (Wildman–Crippen LogP) is 2.60. The lowest BCUT2D eigenvalue weighted by Crippen LogP contribution is -2.27. The predicted molar refractivity (Wildman–Crippen MR) is 82.5 cm³/mol. The number of aromatic nitrogens is 1. The summed E-state index contributed by atoms with van der Waals surface area (Å²) in [6.45, 7) is 0.397. The van der Waals surface area contributed by atoms with Crippen LogP contribution >= 0.6 is 11.6 Å².